The molecule has 0 aliphatic rings. The monoisotopic (exact) mass is 475 g/mol. The van der Waals surface area contributed by atoms with Crippen molar-refractivity contribution in [2.75, 3.05) is 19.3 Å². The fourth-order valence-electron chi connectivity index (χ4n) is 4.20. The van der Waals surface area contributed by atoms with Crippen LogP contribution in [0.25, 0.3) is 0 Å². The van der Waals surface area contributed by atoms with E-state index in [4.69, 9.17) is 14.5 Å². The van der Waals surface area contributed by atoms with Gasteiger partial charge in [0.15, 0.2) is 0 Å². The zero-order valence-corrected chi connectivity index (χ0v) is 21.7. The van der Waals surface area contributed by atoms with E-state index in [1.807, 2.05) is 6.07 Å². The molecule has 33 heavy (non-hydrogen) atoms. The first-order valence-electron chi connectivity index (χ1n) is 12.2. The van der Waals surface area contributed by atoms with Gasteiger partial charge in [-0.15, -0.1) is 0 Å². The van der Waals surface area contributed by atoms with Crippen LogP contribution in [0.15, 0.2) is 36.4 Å². The molecular formula is C27H42NO4P. The second-order valence-corrected chi connectivity index (χ2v) is 11.1. The maximum atomic E-state index is 10.9. The Morgan fingerprint density at radius 3 is 2.33 bits per heavy atom. The van der Waals surface area contributed by atoms with Crippen molar-refractivity contribution in [3.63, 3.8) is 0 Å². The number of benzene rings is 2. The highest BCUT2D eigenvalue weighted by Crippen LogP contribution is 2.34. The quantitative estimate of drug-likeness (QED) is 0.215. The average molecular weight is 476 g/mol. The lowest BCUT2D eigenvalue weighted by molar-refractivity contribution is 0.286. The molecule has 0 aliphatic carbocycles. The summed E-state index contributed by atoms with van der Waals surface area (Å²) in [7, 11) is -3.89. The van der Waals surface area contributed by atoms with Crippen molar-refractivity contribution in [1.82, 2.24) is 5.32 Å². The molecule has 0 aliphatic heterocycles. The van der Waals surface area contributed by atoms with Crippen LogP contribution < -0.4 is 10.1 Å². The molecule has 1 unspecified atom stereocenters. The lowest BCUT2D eigenvalue weighted by Gasteiger charge is -2.18. The van der Waals surface area contributed by atoms with Gasteiger partial charge in [-0.05, 0) is 92.8 Å². The summed E-state index contributed by atoms with van der Waals surface area (Å²) >= 11 is 0. The van der Waals surface area contributed by atoms with E-state index in [0.29, 0.717) is 25.4 Å². The van der Waals surface area contributed by atoms with E-state index in [9.17, 15) is 4.57 Å². The molecule has 2 aromatic carbocycles. The summed E-state index contributed by atoms with van der Waals surface area (Å²) in [6, 6.07) is 13.1. The molecule has 0 aromatic heterocycles. The van der Waals surface area contributed by atoms with Crippen LogP contribution in [0.4, 0.5) is 0 Å². The molecule has 0 amide bonds. The van der Waals surface area contributed by atoms with Crippen LogP contribution >= 0.6 is 7.60 Å². The molecular weight excluding hydrogens is 433 g/mol. The number of rotatable bonds is 15. The Kier molecular flexibility index (Phi) is 11.6. The van der Waals surface area contributed by atoms with Gasteiger partial charge >= 0.3 is 7.60 Å². The normalized spacial score (nSPS) is 12.7. The molecule has 2 rings (SSSR count). The fraction of sp³-hybridized carbons (Fsp3) is 0.556. The first-order valence-corrected chi connectivity index (χ1v) is 14.0. The molecule has 2 aromatic rings. The van der Waals surface area contributed by atoms with Gasteiger partial charge in [0.05, 0.1) is 12.8 Å². The number of hydrogen-bond acceptors (Lipinski definition) is 3. The van der Waals surface area contributed by atoms with Crippen LogP contribution in [0, 0.1) is 26.7 Å². The SMILES string of the molecule is CCCC(CCCOc1ccc(CNCCCP(=O)(O)O)cc1C)Cc1ccc(C)c(C)c1. The van der Waals surface area contributed by atoms with Crippen LogP contribution in [0.1, 0.15) is 66.8 Å². The fourth-order valence-corrected chi connectivity index (χ4v) is 4.77. The molecule has 6 heteroatoms. The number of nitrogens with one attached hydrogen (secondary N) is 1. The summed E-state index contributed by atoms with van der Waals surface area (Å²) < 4.78 is 17.0. The highest BCUT2D eigenvalue weighted by atomic mass is 31.2. The lowest BCUT2D eigenvalue weighted by Crippen LogP contribution is -2.16. The molecule has 0 spiro atoms. The first kappa shape index (κ1) is 27.6. The minimum atomic E-state index is -3.89. The van der Waals surface area contributed by atoms with E-state index in [2.05, 4.69) is 63.3 Å². The van der Waals surface area contributed by atoms with Crippen LogP contribution in [0.3, 0.4) is 0 Å². The van der Waals surface area contributed by atoms with Crippen molar-refractivity contribution < 1.29 is 19.1 Å². The summed E-state index contributed by atoms with van der Waals surface area (Å²) in [5, 5.41) is 3.24. The van der Waals surface area contributed by atoms with E-state index >= 15 is 0 Å². The summed E-state index contributed by atoms with van der Waals surface area (Å²) in [4.78, 5) is 17.8. The highest BCUT2D eigenvalue weighted by Gasteiger charge is 2.12. The van der Waals surface area contributed by atoms with Crippen LogP contribution in [0.5, 0.6) is 5.75 Å². The summed E-state index contributed by atoms with van der Waals surface area (Å²) in [5.74, 6) is 1.63. The smallest absolute Gasteiger partial charge is 0.325 e. The van der Waals surface area contributed by atoms with E-state index in [0.717, 1.165) is 36.3 Å². The van der Waals surface area contributed by atoms with Gasteiger partial charge in [0.2, 0.25) is 0 Å². The van der Waals surface area contributed by atoms with Crippen molar-refractivity contribution in [1.29, 1.82) is 0 Å². The summed E-state index contributed by atoms with van der Waals surface area (Å²) in [5.41, 5.74) is 6.44. The molecule has 5 nitrogen and oxygen atoms in total. The Balaban J connectivity index is 1.74. The number of hydrogen-bond donors (Lipinski definition) is 3. The van der Waals surface area contributed by atoms with E-state index < -0.39 is 7.60 Å². The maximum Gasteiger partial charge on any atom is 0.325 e. The molecule has 0 fully saturated rings. The third-order valence-electron chi connectivity index (χ3n) is 6.18. The lowest BCUT2D eigenvalue weighted by atomic mass is 9.90. The standard InChI is InChI=1S/C27H42NO4P/c1-5-8-24(19-25-11-10-21(2)22(3)17-25)9-6-15-32-27-13-12-26(18-23(27)4)20-28-14-7-16-33(29,30)31/h10-13,17-18,24,28H,5-9,14-16,19-20H2,1-4H3,(H2,29,30,31). The summed E-state index contributed by atoms with van der Waals surface area (Å²) in [6.45, 7) is 10.7. The van der Waals surface area contributed by atoms with Crippen molar-refractivity contribution in [3.8, 4) is 5.75 Å². The van der Waals surface area contributed by atoms with Crippen molar-refractivity contribution in [3.05, 3.63) is 64.2 Å². The van der Waals surface area contributed by atoms with Crippen molar-refractivity contribution in [2.45, 2.75) is 72.8 Å². The largest absolute Gasteiger partial charge is 0.493 e. The first-order chi connectivity index (χ1) is 15.7. The van der Waals surface area contributed by atoms with Crippen molar-refractivity contribution in [2.24, 2.45) is 5.92 Å². The molecule has 3 N–H and O–H groups in total. The Labute approximate surface area is 200 Å². The molecule has 0 radical (unpaired) electrons. The topological polar surface area (TPSA) is 78.8 Å². The molecule has 1 atom stereocenters. The maximum absolute atomic E-state index is 10.9. The molecule has 0 saturated carbocycles. The van der Waals surface area contributed by atoms with E-state index in [1.165, 1.54) is 36.0 Å². The number of aryl methyl sites for hydroxylation is 3. The van der Waals surface area contributed by atoms with Gasteiger partial charge < -0.3 is 19.8 Å². The van der Waals surface area contributed by atoms with Gasteiger partial charge in [-0.1, -0.05) is 50.1 Å². The minimum absolute atomic E-state index is 0.0738. The van der Waals surface area contributed by atoms with Crippen LogP contribution in [-0.2, 0) is 17.5 Å². The average Bonchev–Trinajstić information content (AvgIpc) is 2.74. The van der Waals surface area contributed by atoms with Gasteiger partial charge in [0.1, 0.15) is 5.75 Å². The van der Waals surface area contributed by atoms with Crippen molar-refractivity contribution >= 4 is 7.60 Å². The predicted molar refractivity (Wildman–Crippen MR) is 137 cm³/mol. The third kappa shape index (κ3) is 10.9. The molecule has 0 heterocycles. The summed E-state index contributed by atoms with van der Waals surface area (Å²) in [6.07, 6.45) is 6.23. The Morgan fingerprint density at radius 1 is 0.939 bits per heavy atom. The predicted octanol–water partition coefficient (Wildman–Crippen LogP) is 6.09. The zero-order valence-electron chi connectivity index (χ0n) is 20.8. The van der Waals surface area contributed by atoms with E-state index in [1.54, 1.807) is 0 Å². The van der Waals surface area contributed by atoms with Crippen LogP contribution in [-0.4, -0.2) is 29.1 Å². The zero-order chi connectivity index (χ0) is 24.3. The van der Waals surface area contributed by atoms with Gasteiger partial charge in [0, 0.05) is 6.54 Å². The highest BCUT2D eigenvalue weighted by molar-refractivity contribution is 7.51. The third-order valence-corrected chi connectivity index (χ3v) is 7.08. The Morgan fingerprint density at radius 2 is 1.67 bits per heavy atom. The minimum Gasteiger partial charge on any atom is -0.493 e. The second-order valence-electron chi connectivity index (χ2n) is 9.29. The Hall–Kier alpha value is -1.65. The molecule has 0 saturated heterocycles. The molecule has 184 valence electrons. The van der Waals surface area contributed by atoms with Gasteiger partial charge in [-0.3, -0.25) is 4.57 Å². The number of ether oxygens (including phenoxy) is 1. The van der Waals surface area contributed by atoms with Gasteiger partial charge in [-0.2, -0.15) is 0 Å². The Bertz CT molecular complexity index is 909. The van der Waals surface area contributed by atoms with Crippen LogP contribution in [0.2, 0.25) is 0 Å². The van der Waals surface area contributed by atoms with Gasteiger partial charge in [-0.25, -0.2) is 0 Å². The van der Waals surface area contributed by atoms with E-state index in [-0.39, 0.29) is 6.16 Å². The molecule has 0 bridgehead atoms. The van der Waals surface area contributed by atoms with Gasteiger partial charge in [0.25, 0.3) is 0 Å². The second kappa shape index (κ2) is 13.9.